The van der Waals surface area contributed by atoms with Gasteiger partial charge in [0.25, 0.3) is 0 Å². The lowest BCUT2D eigenvalue weighted by molar-refractivity contribution is -0.141. The standard InChI is InChI=1S/C24H30N2O5/c1-24(12-10-22(27)26(24)16-18-6-5-7-19(14-18)29-2)23(28)25-13-11-17-8-9-20(30-3)21(15-17)31-4/h5-9,14-15H,10-13,16H2,1-4H3,(H,25,28)/t24-/m1/s1. The minimum Gasteiger partial charge on any atom is -0.497 e. The van der Waals surface area contributed by atoms with Crippen LogP contribution >= 0.6 is 0 Å². The molecule has 0 spiro atoms. The van der Waals surface area contributed by atoms with Gasteiger partial charge in [-0.15, -0.1) is 0 Å². The summed E-state index contributed by atoms with van der Waals surface area (Å²) in [6.45, 7) is 2.67. The molecule has 0 radical (unpaired) electrons. The van der Waals surface area contributed by atoms with Crippen molar-refractivity contribution in [1.82, 2.24) is 10.2 Å². The van der Waals surface area contributed by atoms with Crippen molar-refractivity contribution in [3.8, 4) is 17.2 Å². The first-order valence-electron chi connectivity index (χ1n) is 10.3. The first-order chi connectivity index (χ1) is 14.9. The van der Waals surface area contributed by atoms with Crippen molar-refractivity contribution in [3.63, 3.8) is 0 Å². The quantitative estimate of drug-likeness (QED) is 0.667. The zero-order valence-corrected chi connectivity index (χ0v) is 18.6. The Kier molecular flexibility index (Phi) is 7.05. The smallest absolute Gasteiger partial charge is 0.245 e. The number of rotatable bonds is 9. The van der Waals surface area contributed by atoms with E-state index in [0.717, 1.165) is 16.9 Å². The Morgan fingerprint density at radius 1 is 1.03 bits per heavy atom. The van der Waals surface area contributed by atoms with E-state index in [1.54, 1.807) is 26.2 Å². The van der Waals surface area contributed by atoms with Crippen LogP contribution in [0.4, 0.5) is 0 Å². The van der Waals surface area contributed by atoms with E-state index >= 15 is 0 Å². The van der Waals surface area contributed by atoms with Crippen LogP contribution in [0, 0.1) is 0 Å². The van der Waals surface area contributed by atoms with Gasteiger partial charge in [0.15, 0.2) is 11.5 Å². The fraction of sp³-hybridized carbons (Fsp3) is 0.417. The topological polar surface area (TPSA) is 77.1 Å². The third kappa shape index (κ3) is 4.93. The van der Waals surface area contributed by atoms with Crippen molar-refractivity contribution < 1.29 is 23.8 Å². The van der Waals surface area contributed by atoms with Crippen LogP contribution in [0.5, 0.6) is 17.2 Å². The van der Waals surface area contributed by atoms with E-state index in [2.05, 4.69) is 5.32 Å². The van der Waals surface area contributed by atoms with Gasteiger partial charge < -0.3 is 24.4 Å². The predicted molar refractivity (Wildman–Crippen MR) is 117 cm³/mol. The summed E-state index contributed by atoms with van der Waals surface area (Å²) in [6, 6.07) is 13.3. The molecule has 0 bridgehead atoms. The molecule has 2 aromatic carbocycles. The van der Waals surface area contributed by atoms with Gasteiger partial charge in [0, 0.05) is 19.5 Å². The SMILES string of the molecule is COc1cccc(CN2C(=O)CC[C@]2(C)C(=O)NCCc2ccc(OC)c(OC)c2)c1. The minimum atomic E-state index is -0.877. The molecular weight excluding hydrogens is 396 g/mol. The van der Waals surface area contributed by atoms with E-state index in [1.165, 1.54) is 0 Å². The van der Waals surface area contributed by atoms with Crippen molar-refractivity contribution >= 4 is 11.8 Å². The van der Waals surface area contributed by atoms with Gasteiger partial charge >= 0.3 is 0 Å². The highest BCUT2D eigenvalue weighted by atomic mass is 16.5. The van der Waals surface area contributed by atoms with Crippen molar-refractivity contribution in [2.24, 2.45) is 0 Å². The number of carbonyl (C=O) groups is 2. The average molecular weight is 427 g/mol. The lowest BCUT2D eigenvalue weighted by Gasteiger charge is -2.34. The lowest BCUT2D eigenvalue weighted by Crippen LogP contribution is -2.54. The molecule has 0 aromatic heterocycles. The number of amides is 2. The normalized spacial score (nSPS) is 18.1. The maximum Gasteiger partial charge on any atom is 0.245 e. The van der Waals surface area contributed by atoms with Gasteiger partial charge in [-0.25, -0.2) is 0 Å². The van der Waals surface area contributed by atoms with E-state index in [4.69, 9.17) is 14.2 Å². The van der Waals surface area contributed by atoms with Crippen LogP contribution in [0.2, 0.25) is 0 Å². The third-order valence-corrected chi connectivity index (χ3v) is 5.83. The summed E-state index contributed by atoms with van der Waals surface area (Å²) in [5, 5.41) is 3.01. The second kappa shape index (κ2) is 9.73. The molecule has 3 rings (SSSR count). The summed E-state index contributed by atoms with van der Waals surface area (Å²) in [4.78, 5) is 27.3. The number of nitrogens with zero attached hydrogens (tertiary/aromatic N) is 1. The van der Waals surface area contributed by atoms with E-state index < -0.39 is 5.54 Å². The molecule has 1 saturated heterocycles. The van der Waals surface area contributed by atoms with Crippen molar-refractivity contribution in [1.29, 1.82) is 0 Å². The second-order valence-electron chi connectivity index (χ2n) is 7.80. The highest BCUT2D eigenvalue weighted by molar-refractivity contribution is 5.94. The van der Waals surface area contributed by atoms with Gasteiger partial charge in [0.05, 0.1) is 21.3 Å². The monoisotopic (exact) mass is 426 g/mol. The first kappa shape index (κ1) is 22.5. The predicted octanol–water partition coefficient (Wildman–Crippen LogP) is 2.95. The Hall–Kier alpha value is -3.22. The van der Waals surface area contributed by atoms with E-state index in [-0.39, 0.29) is 11.8 Å². The Morgan fingerprint density at radius 3 is 2.52 bits per heavy atom. The molecule has 1 N–H and O–H groups in total. The molecule has 0 aliphatic carbocycles. The number of hydrogen-bond donors (Lipinski definition) is 1. The molecule has 7 nitrogen and oxygen atoms in total. The van der Waals surface area contributed by atoms with Gasteiger partial charge in [0.1, 0.15) is 11.3 Å². The second-order valence-corrected chi connectivity index (χ2v) is 7.80. The molecule has 1 aliphatic rings. The van der Waals surface area contributed by atoms with Crippen LogP contribution in [-0.2, 0) is 22.6 Å². The van der Waals surface area contributed by atoms with Crippen LogP contribution in [0.3, 0.4) is 0 Å². The largest absolute Gasteiger partial charge is 0.497 e. The number of methoxy groups -OCH3 is 3. The molecule has 0 unspecified atom stereocenters. The number of ether oxygens (including phenoxy) is 3. The maximum absolute atomic E-state index is 13.1. The maximum atomic E-state index is 13.1. The molecule has 31 heavy (non-hydrogen) atoms. The van der Waals surface area contributed by atoms with Crippen molar-refractivity contribution in [2.75, 3.05) is 27.9 Å². The van der Waals surface area contributed by atoms with E-state index in [9.17, 15) is 9.59 Å². The zero-order valence-electron chi connectivity index (χ0n) is 18.6. The first-order valence-corrected chi connectivity index (χ1v) is 10.3. The average Bonchev–Trinajstić information content (AvgIpc) is 3.08. The van der Waals surface area contributed by atoms with Crippen LogP contribution in [0.15, 0.2) is 42.5 Å². The van der Waals surface area contributed by atoms with Gasteiger partial charge in [-0.2, -0.15) is 0 Å². The van der Waals surface area contributed by atoms with Gasteiger partial charge in [-0.1, -0.05) is 18.2 Å². The van der Waals surface area contributed by atoms with Crippen LogP contribution < -0.4 is 19.5 Å². The summed E-state index contributed by atoms with van der Waals surface area (Å²) < 4.78 is 15.9. The van der Waals surface area contributed by atoms with Crippen LogP contribution in [-0.4, -0.2) is 50.1 Å². The van der Waals surface area contributed by atoms with Gasteiger partial charge in [-0.3, -0.25) is 9.59 Å². The number of likely N-dealkylation sites (tertiary alicyclic amines) is 1. The summed E-state index contributed by atoms with van der Waals surface area (Å²) in [5.41, 5.74) is 1.08. The molecule has 2 amide bonds. The van der Waals surface area contributed by atoms with Crippen molar-refractivity contribution in [2.45, 2.75) is 38.3 Å². The lowest BCUT2D eigenvalue weighted by atomic mass is 9.97. The Morgan fingerprint density at radius 2 is 1.81 bits per heavy atom. The number of benzene rings is 2. The highest BCUT2D eigenvalue weighted by Gasteiger charge is 2.47. The molecule has 1 atom stereocenters. The zero-order chi connectivity index (χ0) is 22.4. The van der Waals surface area contributed by atoms with Crippen LogP contribution in [0.25, 0.3) is 0 Å². The number of nitrogens with one attached hydrogen (secondary N) is 1. The van der Waals surface area contributed by atoms with Gasteiger partial charge in [0.2, 0.25) is 11.8 Å². The Labute approximate surface area is 183 Å². The molecule has 0 saturated carbocycles. The number of hydrogen-bond acceptors (Lipinski definition) is 5. The summed E-state index contributed by atoms with van der Waals surface area (Å²) >= 11 is 0. The molecule has 2 aromatic rings. The van der Waals surface area contributed by atoms with E-state index in [0.29, 0.717) is 43.9 Å². The third-order valence-electron chi connectivity index (χ3n) is 5.83. The van der Waals surface area contributed by atoms with Crippen LogP contribution in [0.1, 0.15) is 30.9 Å². The summed E-state index contributed by atoms with van der Waals surface area (Å²) in [7, 11) is 4.80. The van der Waals surface area contributed by atoms with E-state index in [1.807, 2.05) is 49.4 Å². The Balaban J connectivity index is 1.64. The molecule has 166 valence electrons. The molecule has 1 heterocycles. The fourth-order valence-corrected chi connectivity index (χ4v) is 3.89. The molecular formula is C24H30N2O5. The molecule has 7 heteroatoms. The Bertz CT molecular complexity index is 945. The number of carbonyl (C=O) groups excluding carboxylic acids is 2. The fourth-order valence-electron chi connectivity index (χ4n) is 3.89. The molecule has 1 fully saturated rings. The summed E-state index contributed by atoms with van der Waals surface area (Å²) in [6.07, 6.45) is 1.51. The molecule has 1 aliphatic heterocycles. The minimum absolute atomic E-state index is 0.0136. The van der Waals surface area contributed by atoms with Gasteiger partial charge in [-0.05, 0) is 55.2 Å². The summed E-state index contributed by atoms with van der Waals surface area (Å²) in [5.74, 6) is 1.90. The van der Waals surface area contributed by atoms with Crippen molar-refractivity contribution in [3.05, 3.63) is 53.6 Å². The highest BCUT2D eigenvalue weighted by Crippen LogP contribution is 2.32.